The molecule has 1 heterocycles. The van der Waals surface area contributed by atoms with Gasteiger partial charge in [-0.3, -0.25) is 4.79 Å². The summed E-state index contributed by atoms with van der Waals surface area (Å²) in [5.74, 6) is 0.259. The Kier molecular flexibility index (Phi) is 7.53. The maximum absolute atomic E-state index is 13.5. The minimum Gasteiger partial charge on any atom is -0.461 e. The molecule has 0 fully saturated rings. The van der Waals surface area contributed by atoms with E-state index in [0.717, 1.165) is 28.8 Å². The van der Waals surface area contributed by atoms with Crippen molar-refractivity contribution in [1.82, 2.24) is 4.31 Å². The molecule has 0 radical (unpaired) electrons. The molecule has 1 aliphatic rings. The van der Waals surface area contributed by atoms with E-state index < -0.39 is 27.9 Å². The van der Waals surface area contributed by atoms with E-state index in [0.29, 0.717) is 17.9 Å². The molecule has 1 aliphatic heterocycles. The van der Waals surface area contributed by atoms with Crippen LogP contribution in [0.25, 0.3) is 0 Å². The Hall–Kier alpha value is -4.01. The number of fused-ring (bicyclic) bond motifs is 1. The lowest BCUT2D eigenvalue weighted by atomic mass is 9.92. The normalized spacial score (nSPS) is 15.4. The number of benzene rings is 4. The minimum absolute atomic E-state index is 0.0178. The van der Waals surface area contributed by atoms with Gasteiger partial charge in [-0.25, -0.2) is 12.8 Å². The van der Waals surface area contributed by atoms with Gasteiger partial charge < -0.3 is 9.47 Å². The number of nitrogens with zero attached hydrogens (tertiary/aromatic N) is 1. The molecule has 0 N–H and O–H groups in total. The fraction of sp³-hybridized carbons (Fsp3) is 0.167. The van der Waals surface area contributed by atoms with Gasteiger partial charge in [0.05, 0.1) is 17.4 Å². The predicted molar refractivity (Wildman–Crippen MR) is 141 cm³/mol. The maximum atomic E-state index is 13.5. The molecule has 0 aliphatic carbocycles. The summed E-state index contributed by atoms with van der Waals surface area (Å²) in [7, 11) is -3.98. The summed E-state index contributed by atoms with van der Waals surface area (Å²) in [4.78, 5) is 13.0. The molecule has 0 amide bonds. The van der Waals surface area contributed by atoms with Gasteiger partial charge in [0.2, 0.25) is 10.0 Å². The number of hydrogen-bond acceptors (Lipinski definition) is 5. The fourth-order valence-corrected chi connectivity index (χ4v) is 6.18. The summed E-state index contributed by atoms with van der Waals surface area (Å²) in [6, 6.07) is 28.1. The summed E-state index contributed by atoms with van der Waals surface area (Å²) < 4.78 is 53.2. The highest BCUT2D eigenvalue weighted by Gasteiger charge is 2.37. The summed E-state index contributed by atoms with van der Waals surface area (Å²) in [5, 5.41) is 0. The van der Waals surface area contributed by atoms with Gasteiger partial charge in [-0.15, -0.1) is 0 Å². The zero-order valence-corrected chi connectivity index (χ0v) is 21.3. The Morgan fingerprint density at radius 3 is 2.37 bits per heavy atom. The summed E-state index contributed by atoms with van der Waals surface area (Å²) >= 11 is 0. The maximum Gasteiger partial charge on any atom is 0.308 e. The number of carbonyl (C=O) groups is 1. The average Bonchev–Trinajstić information content (AvgIpc) is 2.93. The Bertz CT molecular complexity index is 1520. The van der Waals surface area contributed by atoms with Gasteiger partial charge in [0, 0.05) is 6.54 Å². The SMILES string of the molecule is O=C(CC1c2ccccc2CCN1S(=O)(=O)c1ccc(F)cc1)OCc1cccc(Oc2ccccc2)c1. The van der Waals surface area contributed by atoms with Crippen LogP contribution in [0.5, 0.6) is 11.5 Å². The van der Waals surface area contributed by atoms with Crippen molar-refractivity contribution < 1.29 is 27.1 Å². The van der Waals surface area contributed by atoms with Crippen LogP contribution in [-0.4, -0.2) is 25.2 Å². The van der Waals surface area contributed by atoms with E-state index in [4.69, 9.17) is 9.47 Å². The Morgan fingerprint density at radius 2 is 1.58 bits per heavy atom. The van der Waals surface area contributed by atoms with Crippen molar-refractivity contribution in [3.63, 3.8) is 0 Å². The first kappa shape index (κ1) is 25.6. The van der Waals surface area contributed by atoms with Gasteiger partial charge in [-0.2, -0.15) is 4.31 Å². The van der Waals surface area contributed by atoms with Crippen molar-refractivity contribution in [2.45, 2.75) is 30.4 Å². The fourth-order valence-electron chi connectivity index (χ4n) is 4.57. The topological polar surface area (TPSA) is 72.9 Å². The molecule has 5 rings (SSSR count). The largest absolute Gasteiger partial charge is 0.461 e. The van der Waals surface area contributed by atoms with E-state index in [1.54, 1.807) is 6.07 Å². The van der Waals surface area contributed by atoms with Crippen LogP contribution >= 0.6 is 0 Å². The molecule has 194 valence electrons. The Labute approximate surface area is 221 Å². The first-order chi connectivity index (χ1) is 18.4. The highest BCUT2D eigenvalue weighted by molar-refractivity contribution is 7.89. The highest BCUT2D eigenvalue weighted by Crippen LogP contribution is 2.36. The molecule has 38 heavy (non-hydrogen) atoms. The standard InChI is InChI=1S/C30H26FNO5S/c31-24-13-15-27(16-14-24)38(34,35)32-18-17-23-8-4-5-12-28(23)29(32)20-30(33)36-21-22-7-6-11-26(19-22)37-25-9-2-1-3-10-25/h1-16,19,29H,17-18,20-21H2. The third kappa shape index (κ3) is 5.77. The molecule has 1 unspecified atom stereocenters. The van der Waals surface area contributed by atoms with Crippen molar-refractivity contribution >= 4 is 16.0 Å². The van der Waals surface area contributed by atoms with Crippen LogP contribution in [0.3, 0.4) is 0 Å². The molecule has 6 nitrogen and oxygen atoms in total. The minimum atomic E-state index is -3.98. The number of para-hydroxylation sites is 1. The first-order valence-electron chi connectivity index (χ1n) is 12.2. The third-order valence-electron chi connectivity index (χ3n) is 6.42. The van der Waals surface area contributed by atoms with Crippen LogP contribution < -0.4 is 4.74 Å². The number of hydrogen-bond donors (Lipinski definition) is 0. The average molecular weight is 532 g/mol. The van der Waals surface area contributed by atoms with Crippen LogP contribution in [0.1, 0.15) is 29.2 Å². The van der Waals surface area contributed by atoms with E-state index in [1.807, 2.05) is 72.8 Å². The van der Waals surface area contributed by atoms with E-state index in [-0.39, 0.29) is 24.5 Å². The number of esters is 1. The first-order valence-corrected chi connectivity index (χ1v) is 13.7. The molecule has 8 heteroatoms. The van der Waals surface area contributed by atoms with Gasteiger partial charge in [0.1, 0.15) is 23.9 Å². The molecule has 0 spiro atoms. The smallest absolute Gasteiger partial charge is 0.308 e. The third-order valence-corrected chi connectivity index (χ3v) is 8.34. The van der Waals surface area contributed by atoms with Crippen LogP contribution in [0.2, 0.25) is 0 Å². The molecule has 4 aromatic carbocycles. The van der Waals surface area contributed by atoms with Gasteiger partial charge >= 0.3 is 5.97 Å². The van der Waals surface area contributed by atoms with E-state index >= 15 is 0 Å². The predicted octanol–water partition coefficient (Wildman–Crippen LogP) is 6.04. The Balaban J connectivity index is 1.32. The molecule has 0 saturated heterocycles. The zero-order chi connectivity index (χ0) is 26.5. The lowest BCUT2D eigenvalue weighted by molar-refractivity contribution is -0.146. The number of sulfonamides is 1. The van der Waals surface area contributed by atoms with Crippen molar-refractivity contribution in [2.75, 3.05) is 6.54 Å². The second-order valence-electron chi connectivity index (χ2n) is 8.96. The second kappa shape index (κ2) is 11.2. The van der Waals surface area contributed by atoms with Crippen molar-refractivity contribution in [3.05, 3.63) is 126 Å². The number of ether oxygens (including phenoxy) is 2. The van der Waals surface area contributed by atoms with Gasteiger partial charge in [-0.1, -0.05) is 54.6 Å². The van der Waals surface area contributed by atoms with Crippen molar-refractivity contribution in [2.24, 2.45) is 0 Å². The quantitative estimate of drug-likeness (QED) is 0.259. The van der Waals surface area contributed by atoms with Crippen LogP contribution in [0.15, 0.2) is 108 Å². The molecular formula is C30H26FNO5S. The van der Waals surface area contributed by atoms with Gasteiger partial charge in [0.25, 0.3) is 0 Å². The lowest BCUT2D eigenvalue weighted by Gasteiger charge is -2.36. The van der Waals surface area contributed by atoms with E-state index in [2.05, 4.69) is 0 Å². The molecule has 0 saturated carbocycles. The second-order valence-corrected chi connectivity index (χ2v) is 10.9. The number of halogens is 1. The van der Waals surface area contributed by atoms with Crippen molar-refractivity contribution in [3.8, 4) is 11.5 Å². The molecule has 0 aromatic heterocycles. The van der Waals surface area contributed by atoms with Crippen molar-refractivity contribution in [1.29, 1.82) is 0 Å². The van der Waals surface area contributed by atoms with E-state index in [1.165, 1.54) is 16.4 Å². The van der Waals surface area contributed by atoms with Crippen LogP contribution in [-0.2, 0) is 32.6 Å². The summed E-state index contributed by atoms with van der Waals surface area (Å²) in [6.45, 7) is 0.220. The monoisotopic (exact) mass is 531 g/mol. The van der Waals surface area contributed by atoms with Crippen LogP contribution in [0.4, 0.5) is 4.39 Å². The Morgan fingerprint density at radius 1 is 0.868 bits per heavy atom. The van der Waals surface area contributed by atoms with Crippen LogP contribution in [0, 0.1) is 5.82 Å². The molecule has 4 aromatic rings. The molecule has 1 atom stereocenters. The zero-order valence-electron chi connectivity index (χ0n) is 20.5. The van der Waals surface area contributed by atoms with E-state index in [9.17, 15) is 17.6 Å². The van der Waals surface area contributed by atoms with Gasteiger partial charge in [-0.05, 0) is 71.6 Å². The van der Waals surface area contributed by atoms with Gasteiger partial charge in [0.15, 0.2) is 0 Å². The molecule has 0 bridgehead atoms. The summed E-state index contributed by atoms with van der Waals surface area (Å²) in [6.07, 6.45) is 0.355. The number of carbonyl (C=O) groups excluding carboxylic acids is 1. The highest BCUT2D eigenvalue weighted by atomic mass is 32.2. The molecular weight excluding hydrogens is 505 g/mol. The number of rotatable bonds is 8. The summed E-state index contributed by atoms with van der Waals surface area (Å²) in [5.41, 5.74) is 2.49. The lowest BCUT2D eigenvalue weighted by Crippen LogP contribution is -2.41.